The fourth-order valence-corrected chi connectivity index (χ4v) is 4.00. The summed E-state index contributed by atoms with van der Waals surface area (Å²) in [6.45, 7) is 4.37. The minimum absolute atomic E-state index is 0.417. The molecule has 1 N–H and O–H groups in total. The lowest BCUT2D eigenvalue weighted by Crippen LogP contribution is -2.32. The molecule has 0 fully saturated rings. The molecule has 0 aliphatic rings. The first-order valence-electron chi connectivity index (χ1n) is 7.93. The van der Waals surface area contributed by atoms with Gasteiger partial charge in [0, 0.05) is 22.4 Å². The molecular formula is C19H18N2O2S2. The SMILES string of the molecule is Cc1ccc(C(=O)C(=O)NCCc2ccc(-c3csc(C)n3)s2)cc1. The topological polar surface area (TPSA) is 59.1 Å². The molecule has 3 aromatic rings. The highest BCUT2D eigenvalue weighted by atomic mass is 32.1. The van der Waals surface area contributed by atoms with E-state index < -0.39 is 11.7 Å². The van der Waals surface area contributed by atoms with Crippen LogP contribution in [0.1, 0.15) is 25.8 Å². The number of hydrogen-bond acceptors (Lipinski definition) is 5. The van der Waals surface area contributed by atoms with Crippen LogP contribution < -0.4 is 5.32 Å². The van der Waals surface area contributed by atoms with Crippen molar-refractivity contribution in [3.8, 4) is 10.6 Å². The third kappa shape index (κ3) is 4.41. The van der Waals surface area contributed by atoms with Crippen molar-refractivity contribution in [2.75, 3.05) is 6.54 Å². The molecule has 6 heteroatoms. The van der Waals surface area contributed by atoms with Gasteiger partial charge in [-0.2, -0.15) is 0 Å². The summed E-state index contributed by atoms with van der Waals surface area (Å²) in [4.78, 5) is 30.8. The summed E-state index contributed by atoms with van der Waals surface area (Å²) < 4.78 is 0. The van der Waals surface area contributed by atoms with Crippen LogP contribution >= 0.6 is 22.7 Å². The van der Waals surface area contributed by atoms with E-state index >= 15 is 0 Å². The van der Waals surface area contributed by atoms with Crippen LogP contribution in [0, 0.1) is 13.8 Å². The van der Waals surface area contributed by atoms with Crippen molar-refractivity contribution in [3.05, 3.63) is 62.8 Å². The summed E-state index contributed by atoms with van der Waals surface area (Å²) in [6, 6.07) is 11.1. The standard InChI is InChI=1S/C19H18N2O2S2/c1-12-3-5-14(6-4-12)18(22)19(23)20-10-9-15-7-8-17(25-15)16-11-24-13(2)21-16/h3-8,11H,9-10H2,1-2H3,(H,20,23). The molecule has 4 nitrogen and oxygen atoms in total. The molecule has 1 amide bonds. The van der Waals surface area contributed by atoms with Crippen molar-refractivity contribution in [2.45, 2.75) is 20.3 Å². The van der Waals surface area contributed by atoms with Crippen LogP contribution in [0.5, 0.6) is 0 Å². The quantitative estimate of drug-likeness (QED) is 0.526. The van der Waals surface area contributed by atoms with E-state index in [4.69, 9.17) is 0 Å². The number of thiophene rings is 1. The van der Waals surface area contributed by atoms with Crippen LogP contribution in [-0.4, -0.2) is 23.2 Å². The van der Waals surface area contributed by atoms with Crippen molar-refractivity contribution >= 4 is 34.4 Å². The molecule has 128 valence electrons. The van der Waals surface area contributed by atoms with E-state index in [9.17, 15) is 9.59 Å². The van der Waals surface area contributed by atoms with Crippen LogP contribution in [0.3, 0.4) is 0 Å². The molecule has 3 rings (SSSR count). The van der Waals surface area contributed by atoms with Gasteiger partial charge in [-0.05, 0) is 32.4 Å². The van der Waals surface area contributed by atoms with Gasteiger partial charge in [0.05, 0.1) is 15.6 Å². The van der Waals surface area contributed by atoms with E-state index in [0.717, 1.165) is 26.0 Å². The number of aromatic nitrogens is 1. The molecule has 0 aliphatic carbocycles. The molecule has 0 saturated carbocycles. The first-order chi connectivity index (χ1) is 12.0. The highest BCUT2D eigenvalue weighted by Crippen LogP contribution is 2.29. The Morgan fingerprint density at radius 3 is 2.52 bits per heavy atom. The molecule has 0 spiro atoms. The average Bonchev–Trinajstić information content (AvgIpc) is 3.23. The molecule has 1 aromatic carbocycles. The molecule has 0 saturated heterocycles. The summed E-state index contributed by atoms with van der Waals surface area (Å²) >= 11 is 3.30. The van der Waals surface area contributed by atoms with Gasteiger partial charge in [0.25, 0.3) is 5.91 Å². The van der Waals surface area contributed by atoms with Gasteiger partial charge in [-0.3, -0.25) is 9.59 Å². The Morgan fingerprint density at radius 2 is 1.84 bits per heavy atom. The van der Waals surface area contributed by atoms with Crippen molar-refractivity contribution in [1.82, 2.24) is 10.3 Å². The molecule has 2 aromatic heterocycles. The van der Waals surface area contributed by atoms with Crippen molar-refractivity contribution in [3.63, 3.8) is 0 Å². The Morgan fingerprint density at radius 1 is 1.08 bits per heavy atom. The summed E-state index contributed by atoms with van der Waals surface area (Å²) in [5, 5.41) is 5.80. The van der Waals surface area contributed by atoms with Crippen LogP contribution in [0.15, 0.2) is 41.8 Å². The van der Waals surface area contributed by atoms with Gasteiger partial charge in [-0.25, -0.2) is 4.98 Å². The fraction of sp³-hybridized carbons (Fsp3) is 0.211. The monoisotopic (exact) mass is 370 g/mol. The second-order valence-electron chi connectivity index (χ2n) is 5.72. The van der Waals surface area contributed by atoms with Gasteiger partial charge in [0.1, 0.15) is 0 Å². The van der Waals surface area contributed by atoms with Crippen molar-refractivity contribution in [1.29, 1.82) is 0 Å². The number of rotatable bonds is 6. The summed E-state index contributed by atoms with van der Waals surface area (Å²) in [5.41, 5.74) is 2.47. The number of benzene rings is 1. The summed E-state index contributed by atoms with van der Waals surface area (Å²) in [6.07, 6.45) is 0.695. The van der Waals surface area contributed by atoms with Crippen LogP contribution in [0.2, 0.25) is 0 Å². The highest BCUT2D eigenvalue weighted by Gasteiger charge is 2.15. The zero-order chi connectivity index (χ0) is 17.8. The average molecular weight is 370 g/mol. The Bertz CT molecular complexity index is 894. The van der Waals surface area contributed by atoms with Gasteiger partial charge in [0.2, 0.25) is 5.78 Å². The van der Waals surface area contributed by atoms with E-state index in [-0.39, 0.29) is 0 Å². The Balaban J connectivity index is 1.52. The normalized spacial score (nSPS) is 10.6. The smallest absolute Gasteiger partial charge is 0.292 e. The van der Waals surface area contributed by atoms with E-state index in [1.54, 1.807) is 34.8 Å². The number of Topliss-reactive ketones (excluding diaryl/α,β-unsaturated/α-hetero) is 1. The Hall–Kier alpha value is -2.31. The number of amides is 1. The van der Waals surface area contributed by atoms with Gasteiger partial charge < -0.3 is 5.32 Å². The van der Waals surface area contributed by atoms with Gasteiger partial charge in [0.15, 0.2) is 0 Å². The molecular weight excluding hydrogens is 352 g/mol. The van der Waals surface area contributed by atoms with Gasteiger partial charge in [-0.1, -0.05) is 29.8 Å². The number of carbonyl (C=O) groups excluding carboxylic acids is 2. The minimum atomic E-state index is -0.559. The third-order valence-corrected chi connectivity index (χ3v) is 5.65. The van der Waals surface area contributed by atoms with Crippen LogP contribution in [0.4, 0.5) is 0 Å². The predicted molar refractivity (Wildman–Crippen MR) is 102 cm³/mol. The molecule has 2 heterocycles. The Labute approximate surface area is 154 Å². The van der Waals surface area contributed by atoms with E-state index in [1.165, 1.54) is 0 Å². The third-order valence-electron chi connectivity index (χ3n) is 3.71. The lowest BCUT2D eigenvalue weighted by molar-refractivity contribution is -0.116. The van der Waals surface area contributed by atoms with Crippen molar-refractivity contribution < 1.29 is 9.59 Å². The lowest BCUT2D eigenvalue weighted by atomic mass is 10.1. The predicted octanol–water partition coefficient (Wildman–Crippen LogP) is 4.03. The number of thiazole rings is 1. The molecule has 0 aliphatic heterocycles. The van der Waals surface area contributed by atoms with Gasteiger partial charge in [-0.15, -0.1) is 22.7 Å². The van der Waals surface area contributed by atoms with E-state index in [2.05, 4.69) is 10.3 Å². The Kier molecular flexibility index (Phi) is 5.40. The summed E-state index contributed by atoms with van der Waals surface area (Å²) in [7, 11) is 0. The second kappa shape index (κ2) is 7.72. The number of ketones is 1. The molecule has 0 unspecified atom stereocenters. The first-order valence-corrected chi connectivity index (χ1v) is 9.63. The van der Waals surface area contributed by atoms with E-state index in [0.29, 0.717) is 18.5 Å². The molecule has 25 heavy (non-hydrogen) atoms. The maximum atomic E-state index is 12.1. The minimum Gasteiger partial charge on any atom is -0.349 e. The zero-order valence-corrected chi connectivity index (χ0v) is 15.7. The van der Waals surface area contributed by atoms with Crippen molar-refractivity contribution in [2.24, 2.45) is 0 Å². The highest BCUT2D eigenvalue weighted by molar-refractivity contribution is 7.16. The zero-order valence-electron chi connectivity index (χ0n) is 14.0. The first kappa shape index (κ1) is 17.5. The van der Waals surface area contributed by atoms with Crippen LogP contribution in [0.25, 0.3) is 10.6 Å². The number of nitrogens with one attached hydrogen (secondary N) is 1. The van der Waals surface area contributed by atoms with Gasteiger partial charge >= 0.3 is 0 Å². The fourth-order valence-electron chi connectivity index (χ4n) is 2.34. The molecule has 0 atom stereocenters. The molecule has 0 bridgehead atoms. The lowest BCUT2D eigenvalue weighted by Gasteiger charge is -2.04. The number of nitrogens with zero attached hydrogens (tertiary/aromatic N) is 1. The number of aryl methyl sites for hydroxylation is 2. The van der Waals surface area contributed by atoms with E-state index in [1.807, 2.05) is 43.5 Å². The largest absolute Gasteiger partial charge is 0.349 e. The summed E-state index contributed by atoms with van der Waals surface area (Å²) in [5.74, 6) is -1.06. The maximum Gasteiger partial charge on any atom is 0.292 e. The van der Waals surface area contributed by atoms with Crippen LogP contribution in [-0.2, 0) is 11.2 Å². The molecule has 0 radical (unpaired) electrons. The maximum absolute atomic E-state index is 12.1. The number of hydrogen-bond donors (Lipinski definition) is 1. The number of carbonyl (C=O) groups is 2. The second-order valence-corrected chi connectivity index (χ2v) is 7.95.